The number of nitrogens with one attached hydrogen (secondary N) is 1. The van der Waals surface area contributed by atoms with Crippen LogP contribution in [0.1, 0.15) is 38.8 Å². The van der Waals surface area contributed by atoms with E-state index < -0.39 is 23.4 Å². The van der Waals surface area contributed by atoms with Crippen LogP contribution in [0.5, 0.6) is 0 Å². The Balaban J connectivity index is 1.56. The Kier molecular flexibility index (Phi) is 5.65. The molecule has 7 rings (SSSR count). The van der Waals surface area contributed by atoms with Crippen LogP contribution in [-0.2, 0) is 10.2 Å². The Morgan fingerprint density at radius 2 is 1.45 bits per heavy atom. The van der Waals surface area contributed by atoms with E-state index >= 15 is 0 Å². The summed E-state index contributed by atoms with van der Waals surface area (Å²) >= 11 is 3.46. The molecule has 5 nitrogen and oxygen atoms in total. The highest BCUT2D eigenvalue weighted by Crippen LogP contribution is 2.58. The van der Waals surface area contributed by atoms with Gasteiger partial charge in [0.05, 0.1) is 12.0 Å². The van der Waals surface area contributed by atoms with Crippen LogP contribution in [0.2, 0.25) is 0 Å². The second kappa shape index (κ2) is 9.14. The van der Waals surface area contributed by atoms with Crippen LogP contribution in [0.3, 0.4) is 0 Å². The molecule has 3 aliphatic heterocycles. The van der Waals surface area contributed by atoms with Gasteiger partial charge in [-0.25, -0.2) is 0 Å². The van der Waals surface area contributed by atoms with Gasteiger partial charge in [0.15, 0.2) is 11.6 Å². The van der Waals surface area contributed by atoms with Gasteiger partial charge in [-0.2, -0.15) is 0 Å². The number of para-hydroxylation sites is 2. The molecule has 1 spiro atoms. The van der Waals surface area contributed by atoms with Crippen LogP contribution >= 0.6 is 15.9 Å². The molecule has 1 saturated heterocycles. The van der Waals surface area contributed by atoms with Crippen LogP contribution in [0.15, 0.2) is 114 Å². The van der Waals surface area contributed by atoms with Crippen molar-refractivity contribution in [2.45, 2.75) is 24.4 Å². The van der Waals surface area contributed by atoms with E-state index in [2.05, 4.69) is 27.3 Å². The van der Waals surface area contributed by atoms with Gasteiger partial charge in [0.2, 0.25) is 5.91 Å². The van der Waals surface area contributed by atoms with Crippen LogP contribution < -0.4 is 10.2 Å². The van der Waals surface area contributed by atoms with Crippen LogP contribution in [0.4, 0.5) is 11.4 Å². The number of anilines is 2. The first-order valence-electron chi connectivity index (χ1n) is 13.3. The van der Waals surface area contributed by atoms with E-state index in [1.54, 1.807) is 24.3 Å². The number of nitrogens with zero attached hydrogens (tertiary/aromatic N) is 1. The van der Waals surface area contributed by atoms with Gasteiger partial charge in [-0.15, -0.1) is 0 Å². The smallest absolute Gasteiger partial charge is 0.238 e. The molecule has 3 aliphatic rings. The number of carbonyl (C=O) groups is 3. The standard InChI is InChI=1S/C34H25BrN2O3/c1-20-19-28-34(25-12-6-7-13-26(25)36-33(34)40)29(31(38)22-15-17-23(35)18-16-22)30(32(39)21-9-3-2-4-10-21)37(28)27-14-8-5-11-24(20)27/h2-19,28-30H,1H3,(H,36,40)/t28-,29-,30+,34-/m0/s1. The number of Topliss-reactive ketones (excluding diaryl/α,β-unsaturated/α-hetero) is 2. The molecule has 3 heterocycles. The number of ketones is 2. The van der Waals surface area contributed by atoms with Crippen molar-refractivity contribution in [2.75, 3.05) is 10.2 Å². The molecule has 0 aliphatic carbocycles. The van der Waals surface area contributed by atoms with Gasteiger partial charge in [-0.05, 0) is 42.3 Å². The number of hydrogen-bond donors (Lipinski definition) is 1. The van der Waals surface area contributed by atoms with E-state index in [-0.39, 0.29) is 17.5 Å². The minimum absolute atomic E-state index is 0.183. The van der Waals surface area contributed by atoms with Gasteiger partial charge in [-0.3, -0.25) is 14.4 Å². The summed E-state index contributed by atoms with van der Waals surface area (Å²) in [7, 11) is 0. The molecule has 0 unspecified atom stereocenters. The molecular formula is C34H25BrN2O3. The lowest BCUT2D eigenvalue weighted by molar-refractivity contribution is -0.121. The van der Waals surface area contributed by atoms with E-state index in [1.165, 1.54) is 0 Å². The molecular weight excluding hydrogens is 564 g/mol. The van der Waals surface area contributed by atoms with E-state index in [9.17, 15) is 14.4 Å². The molecule has 4 aromatic rings. The van der Waals surface area contributed by atoms with Gasteiger partial charge >= 0.3 is 0 Å². The summed E-state index contributed by atoms with van der Waals surface area (Å²) in [6, 6.07) is 30.3. The Hall–Kier alpha value is -4.29. The molecule has 0 aromatic heterocycles. The van der Waals surface area contributed by atoms with Gasteiger partial charge in [-0.1, -0.05) is 101 Å². The Bertz CT molecular complexity index is 1730. The highest BCUT2D eigenvalue weighted by atomic mass is 79.9. The fraction of sp³-hybridized carbons (Fsp3) is 0.147. The van der Waals surface area contributed by atoms with Crippen LogP contribution in [-0.4, -0.2) is 29.6 Å². The second-order valence-electron chi connectivity index (χ2n) is 10.6. The van der Waals surface area contributed by atoms with E-state index in [1.807, 2.05) is 90.7 Å². The zero-order valence-corrected chi connectivity index (χ0v) is 23.3. The molecule has 1 N–H and O–H groups in total. The Labute approximate surface area is 240 Å². The zero-order chi connectivity index (χ0) is 27.6. The van der Waals surface area contributed by atoms with Crippen molar-refractivity contribution in [2.24, 2.45) is 5.92 Å². The highest BCUT2D eigenvalue weighted by Gasteiger charge is 2.70. The summed E-state index contributed by atoms with van der Waals surface area (Å²) in [5.41, 5.74) is 3.93. The lowest BCUT2D eigenvalue weighted by Gasteiger charge is -2.39. The van der Waals surface area contributed by atoms with E-state index in [0.29, 0.717) is 16.8 Å². The van der Waals surface area contributed by atoms with E-state index in [0.717, 1.165) is 26.9 Å². The summed E-state index contributed by atoms with van der Waals surface area (Å²) in [4.78, 5) is 45.8. The van der Waals surface area contributed by atoms with Crippen molar-refractivity contribution in [3.63, 3.8) is 0 Å². The Morgan fingerprint density at radius 1 is 0.800 bits per heavy atom. The second-order valence-corrected chi connectivity index (χ2v) is 11.5. The van der Waals surface area contributed by atoms with Crippen LogP contribution in [0.25, 0.3) is 5.57 Å². The third kappa shape index (κ3) is 3.35. The normalized spacial score (nSPS) is 24.1. The average molecular weight is 589 g/mol. The lowest BCUT2D eigenvalue weighted by Crippen LogP contribution is -2.51. The molecule has 4 aromatic carbocycles. The number of carbonyl (C=O) groups excluding carboxylic acids is 3. The van der Waals surface area contributed by atoms with Crippen molar-refractivity contribution in [1.29, 1.82) is 0 Å². The van der Waals surface area contributed by atoms with Gasteiger partial charge < -0.3 is 10.2 Å². The van der Waals surface area contributed by atoms with Crippen LogP contribution in [0, 0.1) is 5.92 Å². The van der Waals surface area contributed by atoms with Gasteiger partial charge in [0, 0.05) is 32.5 Å². The maximum absolute atomic E-state index is 14.8. The molecule has 1 fully saturated rings. The first kappa shape index (κ1) is 24.7. The molecule has 40 heavy (non-hydrogen) atoms. The van der Waals surface area contributed by atoms with Crippen molar-refractivity contribution in [3.05, 3.63) is 136 Å². The maximum Gasteiger partial charge on any atom is 0.238 e. The predicted octanol–water partition coefficient (Wildman–Crippen LogP) is 6.70. The number of amides is 1. The topological polar surface area (TPSA) is 66.5 Å². The third-order valence-electron chi connectivity index (χ3n) is 8.62. The fourth-order valence-corrected chi connectivity index (χ4v) is 7.22. The predicted molar refractivity (Wildman–Crippen MR) is 160 cm³/mol. The van der Waals surface area contributed by atoms with Crippen molar-refractivity contribution >= 4 is 50.4 Å². The van der Waals surface area contributed by atoms with Gasteiger partial charge in [0.25, 0.3) is 0 Å². The quantitative estimate of drug-likeness (QED) is 0.269. The van der Waals surface area contributed by atoms with Crippen molar-refractivity contribution < 1.29 is 14.4 Å². The summed E-state index contributed by atoms with van der Waals surface area (Å²) in [5, 5.41) is 3.08. The number of hydrogen-bond acceptors (Lipinski definition) is 4. The summed E-state index contributed by atoms with van der Waals surface area (Å²) in [6.07, 6.45) is 2.07. The zero-order valence-electron chi connectivity index (χ0n) is 21.7. The summed E-state index contributed by atoms with van der Waals surface area (Å²) in [6.45, 7) is 2.03. The largest absolute Gasteiger partial charge is 0.352 e. The van der Waals surface area contributed by atoms with Gasteiger partial charge in [0.1, 0.15) is 11.5 Å². The Morgan fingerprint density at radius 3 is 2.23 bits per heavy atom. The third-order valence-corrected chi connectivity index (χ3v) is 9.15. The first-order chi connectivity index (χ1) is 19.4. The molecule has 0 radical (unpaired) electrons. The lowest BCUT2D eigenvalue weighted by atomic mass is 9.64. The van der Waals surface area contributed by atoms with E-state index in [4.69, 9.17) is 0 Å². The average Bonchev–Trinajstić information content (AvgIpc) is 3.45. The molecule has 1 amide bonds. The summed E-state index contributed by atoms with van der Waals surface area (Å²) in [5.74, 6) is -1.65. The minimum atomic E-state index is -1.31. The number of halogens is 1. The minimum Gasteiger partial charge on any atom is -0.352 e. The SMILES string of the molecule is CC1=C[C@@H]2N(c3ccccc31)[C@@H](C(=O)c1ccccc1)[C@@H](C(=O)c1ccc(Br)cc1)[C@@]21C(=O)Nc2ccccc21. The molecule has 0 bridgehead atoms. The van der Waals surface area contributed by atoms with Crippen molar-refractivity contribution in [1.82, 2.24) is 0 Å². The number of rotatable bonds is 4. The number of benzene rings is 4. The molecule has 6 heteroatoms. The number of allylic oxidation sites excluding steroid dienone is 1. The number of fused-ring (bicyclic) bond motifs is 6. The molecule has 0 saturated carbocycles. The molecule has 4 atom stereocenters. The first-order valence-corrected chi connectivity index (χ1v) is 14.1. The van der Waals surface area contributed by atoms with Crippen molar-refractivity contribution in [3.8, 4) is 0 Å². The maximum atomic E-state index is 14.8. The highest BCUT2D eigenvalue weighted by molar-refractivity contribution is 9.10. The monoisotopic (exact) mass is 588 g/mol. The molecule has 196 valence electrons. The fourth-order valence-electron chi connectivity index (χ4n) is 6.95. The summed E-state index contributed by atoms with van der Waals surface area (Å²) < 4.78 is 0.843.